The van der Waals surface area contributed by atoms with Gasteiger partial charge in [-0.3, -0.25) is 9.59 Å². The fourth-order valence-corrected chi connectivity index (χ4v) is 4.22. The molecule has 0 saturated carbocycles. The van der Waals surface area contributed by atoms with E-state index in [1.807, 2.05) is 30.3 Å². The van der Waals surface area contributed by atoms with Gasteiger partial charge in [-0.25, -0.2) is 0 Å². The maximum Gasteiger partial charge on any atom is 0.295 e. The summed E-state index contributed by atoms with van der Waals surface area (Å²) in [5, 5.41) is 11.0. The molecule has 1 unspecified atom stereocenters. The molecule has 6 heteroatoms. The second kappa shape index (κ2) is 10.2. The van der Waals surface area contributed by atoms with E-state index in [1.54, 1.807) is 29.2 Å². The smallest absolute Gasteiger partial charge is 0.295 e. The van der Waals surface area contributed by atoms with Crippen molar-refractivity contribution in [3.63, 3.8) is 0 Å². The summed E-state index contributed by atoms with van der Waals surface area (Å²) in [5.41, 5.74) is 1.53. The van der Waals surface area contributed by atoms with Gasteiger partial charge in [0.05, 0.1) is 11.6 Å². The number of carbonyl (C=O) groups is 2. The molecular weight excluding hydrogens is 491 g/mol. The van der Waals surface area contributed by atoms with Gasteiger partial charge in [0.25, 0.3) is 11.7 Å². The molecule has 5 nitrogen and oxygen atoms in total. The second-order valence-corrected chi connectivity index (χ2v) is 8.54. The maximum atomic E-state index is 13.0. The van der Waals surface area contributed by atoms with Crippen LogP contribution in [0, 0.1) is 3.57 Å². The fourth-order valence-electron chi connectivity index (χ4n) is 3.86. The summed E-state index contributed by atoms with van der Waals surface area (Å²) in [4.78, 5) is 29.8. The van der Waals surface area contributed by atoms with Gasteiger partial charge in [-0.1, -0.05) is 56.3 Å². The van der Waals surface area contributed by atoms with Crippen molar-refractivity contribution in [2.45, 2.75) is 26.3 Å². The van der Waals surface area contributed by atoms with Gasteiger partial charge >= 0.3 is 0 Å². The van der Waals surface area contributed by atoms with Crippen molar-refractivity contribution in [2.24, 2.45) is 0 Å². The minimum atomic E-state index is -0.622. The van der Waals surface area contributed by atoms with Crippen LogP contribution in [0.1, 0.15) is 37.4 Å². The highest BCUT2D eigenvalue weighted by molar-refractivity contribution is 14.1. The van der Waals surface area contributed by atoms with Crippen LogP contribution in [-0.4, -0.2) is 52.8 Å². The number of ketones is 1. The predicted octanol–water partition coefficient (Wildman–Crippen LogP) is 4.44. The average Bonchev–Trinajstić information content (AvgIpc) is 3.02. The highest BCUT2D eigenvalue weighted by atomic mass is 127. The van der Waals surface area contributed by atoms with Crippen molar-refractivity contribution in [3.05, 3.63) is 74.9 Å². The molecule has 30 heavy (non-hydrogen) atoms. The van der Waals surface area contributed by atoms with Crippen molar-refractivity contribution in [3.8, 4) is 0 Å². The molecule has 1 aliphatic rings. The lowest BCUT2D eigenvalue weighted by atomic mass is 9.95. The number of rotatable bonds is 8. The fraction of sp³-hybridized carbons (Fsp3) is 0.333. The summed E-state index contributed by atoms with van der Waals surface area (Å²) in [5.74, 6) is -1.29. The van der Waals surface area contributed by atoms with Gasteiger partial charge in [0.1, 0.15) is 5.76 Å². The number of hydrogen-bond acceptors (Lipinski definition) is 4. The van der Waals surface area contributed by atoms with Gasteiger partial charge in [-0.2, -0.15) is 0 Å². The number of amides is 1. The topological polar surface area (TPSA) is 60.9 Å². The first kappa shape index (κ1) is 22.5. The molecule has 1 atom stereocenters. The highest BCUT2D eigenvalue weighted by Gasteiger charge is 2.45. The lowest BCUT2D eigenvalue weighted by Crippen LogP contribution is -2.33. The first-order valence-electron chi connectivity index (χ1n) is 10.3. The maximum absolute atomic E-state index is 13.0. The third-order valence-electron chi connectivity index (χ3n) is 5.54. The van der Waals surface area contributed by atoms with Crippen LogP contribution in [0.5, 0.6) is 0 Å². The Morgan fingerprint density at radius 1 is 1.03 bits per heavy atom. The first-order chi connectivity index (χ1) is 14.5. The van der Waals surface area contributed by atoms with Crippen LogP contribution >= 0.6 is 22.6 Å². The van der Waals surface area contributed by atoms with Crippen LogP contribution in [0.3, 0.4) is 0 Å². The first-order valence-corrected chi connectivity index (χ1v) is 11.4. The third kappa shape index (κ3) is 4.75. The third-order valence-corrected chi connectivity index (χ3v) is 6.26. The standard InChI is InChI=1S/C24H27IN2O3/c1-3-26(4-2)15-8-16-27-21(17-11-13-19(25)14-12-17)20(23(29)24(27)30)22(28)18-9-6-5-7-10-18/h5-7,9-14,21,28H,3-4,8,15-16H2,1-2H3/b22-20+. The Morgan fingerprint density at radius 3 is 2.27 bits per heavy atom. The summed E-state index contributed by atoms with van der Waals surface area (Å²) >= 11 is 2.22. The Labute approximate surface area is 191 Å². The molecular formula is C24H27IN2O3. The molecule has 3 rings (SSSR count). The number of halogens is 1. The van der Waals surface area contributed by atoms with E-state index in [-0.39, 0.29) is 11.3 Å². The molecule has 0 radical (unpaired) electrons. The molecule has 0 spiro atoms. The SMILES string of the molecule is CCN(CC)CCCN1C(=O)C(=O)/C(=C(/O)c2ccccc2)C1c1ccc(I)cc1. The molecule has 0 bridgehead atoms. The van der Waals surface area contributed by atoms with Gasteiger partial charge < -0.3 is 14.9 Å². The van der Waals surface area contributed by atoms with Crippen molar-refractivity contribution < 1.29 is 14.7 Å². The quantitative estimate of drug-likeness (QED) is 0.243. The van der Waals surface area contributed by atoms with E-state index < -0.39 is 17.7 Å². The zero-order chi connectivity index (χ0) is 21.7. The Morgan fingerprint density at radius 2 is 1.67 bits per heavy atom. The number of aliphatic hydroxyl groups excluding tert-OH is 1. The van der Waals surface area contributed by atoms with E-state index in [1.165, 1.54) is 0 Å². The Bertz CT molecular complexity index is 921. The predicted molar refractivity (Wildman–Crippen MR) is 127 cm³/mol. The number of benzene rings is 2. The molecule has 1 aliphatic heterocycles. The largest absolute Gasteiger partial charge is 0.507 e. The molecule has 2 aromatic rings. The Balaban J connectivity index is 2.00. The lowest BCUT2D eigenvalue weighted by Gasteiger charge is -2.26. The highest BCUT2D eigenvalue weighted by Crippen LogP contribution is 2.39. The van der Waals surface area contributed by atoms with Crippen LogP contribution in [0.2, 0.25) is 0 Å². The number of likely N-dealkylation sites (tertiary alicyclic amines) is 1. The molecule has 1 N–H and O–H groups in total. The molecule has 1 amide bonds. The minimum absolute atomic E-state index is 0.122. The Kier molecular flexibility index (Phi) is 7.66. The second-order valence-electron chi connectivity index (χ2n) is 7.29. The monoisotopic (exact) mass is 518 g/mol. The van der Waals surface area contributed by atoms with Gasteiger partial charge in [-0.15, -0.1) is 0 Å². The number of hydrogen-bond donors (Lipinski definition) is 1. The number of carbonyl (C=O) groups excluding carboxylic acids is 2. The summed E-state index contributed by atoms with van der Waals surface area (Å²) in [7, 11) is 0. The normalized spacial score (nSPS) is 18.4. The van der Waals surface area contributed by atoms with Crippen molar-refractivity contribution in [1.29, 1.82) is 0 Å². The number of Topliss-reactive ketones (excluding diaryl/α,β-unsaturated/α-hetero) is 1. The van der Waals surface area contributed by atoms with E-state index in [0.29, 0.717) is 12.1 Å². The van der Waals surface area contributed by atoms with Crippen molar-refractivity contribution in [1.82, 2.24) is 9.80 Å². The summed E-state index contributed by atoms with van der Waals surface area (Å²) < 4.78 is 1.07. The van der Waals surface area contributed by atoms with E-state index in [4.69, 9.17) is 0 Å². The molecule has 2 aromatic carbocycles. The number of aliphatic hydroxyl groups is 1. The van der Waals surface area contributed by atoms with Crippen molar-refractivity contribution >= 4 is 40.0 Å². The van der Waals surface area contributed by atoms with Crippen LogP contribution in [-0.2, 0) is 9.59 Å². The zero-order valence-electron chi connectivity index (χ0n) is 17.3. The van der Waals surface area contributed by atoms with Gasteiger partial charge in [0.2, 0.25) is 0 Å². The summed E-state index contributed by atoms with van der Waals surface area (Å²) in [6.07, 6.45) is 0.765. The van der Waals surface area contributed by atoms with E-state index in [0.717, 1.165) is 35.2 Å². The van der Waals surface area contributed by atoms with Crippen molar-refractivity contribution in [2.75, 3.05) is 26.2 Å². The zero-order valence-corrected chi connectivity index (χ0v) is 19.5. The van der Waals surface area contributed by atoms with Crippen LogP contribution in [0.25, 0.3) is 5.76 Å². The van der Waals surface area contributed by atoms with Crippen LogP contribution in [0.4, 0.5) is 0 Å². The van der Waals surface area contributed by atoms with Crippen LogP contribution in [0.15, 0.2) is 60.2 Å². The lowest BCUT2D eigenvalue weighted by molar-refractivity contribution is -0.140. The molecule has 1 fully saturated rings. The van der Waals surface area contributed by atoms with Gasteiger partial charge in [-0.05, 0) is 66.3 Å². The molecule has 1 heterocycles. The molecule has 0 aliphatic carbocycles. The minimum Gasteiger partial charge on any atom is -0.507 e. The van der Waals surface area contributed by atoms with E-state index in [9.17, 15) is 14.7 Å². The van der Waals surface area contributed by atoms with E-state index >= 15 is 0 Å². The summed E-state index contributed by atoms with van der Waals surface area (Å²) in [6.45, 7) is 7.44. The summed E-state index contributed by atoms with van der Waals surface area (Å²) in [6, 6.07) is 16.1. The Hall–Kier alpha value is -2.19. The molecule has 1 saturated heterocycles. The average molecular weight is 518 g/mol. The van der Waals surface area contributed by atoms with Gasteiger partial charge in [0, 0.05) is 15.7 Å². The van der Waals surface area contributed by atoms with Crippen LogP contribution < -0.4 is 0 Å². The van der Waals surface area contributed by atoms with Gasteiger partial charge in [0.15, 0.2) is 0 Å². The molecule has 158 valence electrons. The van der Waals surface area contributed by atoms with E-state index in [2.05, 4.69) is 41.3 Å². The molecule has 0 aromatic heterocycles. The number of nitrogens with zero attached hydrogens (tertiary/aromatic N) is 2.